The first-order valence-corrected chi connectivity index (χ1v) is 10.3. The van der Waals surface area contributed by atoms with E-state index in [1.54, 1.807) is 0 Å². The van der Waals surface area contributed by atoms with Gasteiger partial charge in [0, 0.05) is 23.3 Å². The molecule has 1 saturated heterocycles. The van der Waals surface area contributed by atoms with Crippen molar-refractivity contribution in [2.45, 2.75) is 38.8 Å². The second kappa shape index (κ2) is 8.80. The fraction of sp³-hybridized carbons (Fsp3) is 0.348. The third-order valence-electron chi connectivity index (χ3n) is 5.26. The molecular weight excluding hydrogens is 370 g/mol. The molecule has 2 heterocycles. The topological polar surface area (TPSA) is 39.1 Å². The highest BCUT2D eigenvalue weighted by Crippen LogP contribution is 2.37. The molecule has 0 spiro atoms. The van der Waals surface area contributed by atoms with Gasteiger partial charge in [-0.05, 0) is 68.6 Å². The molecule has 4 rings (SSSR count). The summed E-state index contributed by atoms with van der Waals surface area (Å²) in [5, 5.41) is 8.68. The first-order valence-electron chi connectivity index (χ1n) is 9.94. The molecule has 146 valence electrons. The van der Waals surface area contributed by atoms with Crippen LogP contribution in [0, 0.1) is 6.92 Å². The summed E-state index contributed by atoms with van der Waals surface area (Å²) in [6, 6.07) is 16.5. The largest absolute Gasteiger partial charge is 0.489 e. The van der Waals surface area contributed by atoms with Crippen molar-refractivity contribution in [1.29, 1.82) is 0 Å². The number of hydrogen-bond acceptors (Lipinski definition) is 3. The second-order valence-corrected chi connectivity index (χ2v) is 7.78. The molecule has 1 N–H and O–H groups in total. The Morgan fingerprint density at radius 3 is 2.71 bits per heavy atom. The first-order chi connectivity index (χ1) is 13.7. The summed E-state index contributed by atoms with van der Waals surface area (Å²) in [4.78, 5) is 0. The Bertz CT molecular complexity index is 917. The monoisotopic (exact) mass is 395 g/mol. The van der Waals surface area contributed by atoms with Gasteiger partial charge in [-0.25, -0.2) is 0 Å². The lowest BCUT2D eigenvalue weighted by Crippen LogP contribution is -2.34. The number of piperidine rings is 1. The summed E-state index contributed by atoms with van der Waals surface area (Å²) in [5.74, 6) is 0.928. The Balaban J connectivity index is 1.62. The minimum Gasteiger partial charge on any atom is -0.489 e. The number of ether oxygens (including phenoxy) is 1. The van der Waals surface area contributed by atoms with Crippen LogP contribution in [0.25, 0.3) is 11.3 Å². The molecule has 2 aromatic carbocycles. The molecule has 0 bridgehead atoms. The summed E-state index contributed by atoms with van der Waals surface area (Å²) in [7, 11) is 0. The average molecular weight is 396 g/mol. The molecule has 4 nitrogen and oxygen atoms in total. The third kappa shape index (κ3) is 4.40. The quantitative estimate of drug-likeness (QED) is 0.646. The lowest BCUT2D eigenvalue weighted by Gasteiger charge is -2.26. The van der Waals surface area contributed by atoms with Crippen LogP contribution in [0.2, 0.25) is 5.02 Å². The molecule has 5 heteroatoms. The lowest BCUT2D eigenvalue weighted by molar-refractivity contribution is 0.162. The van der Waals surface area contributed by atoms with E-state index in [9.17, 15) is 0 Å². The van der Waals surface area contributed by atoms with E-state index in [1.165, 1.54) is 5.56 Å². The number of hydrogen-bond donors (Lipinski definition) is 1. The fourth-order valence-corrected chi connectivity index (χ4v) is 4.05. The Kier molecular flexibility index (Phi) is 5.98. The number of aromatic nitrogens is 2. The number of benzene rings is 2. The van der Waals surface area contributed by atoms with Gasteiger partial charge in [0.05, 0.1) is 5.69 Å². The molecule has 0 aliphatic carbocycles. The number of nitrogens with one attached hydrogen (secondary N) is 1. The number of aryl methyl sites for hydroxylation is 3. The molecule has 0 saturated carbocycles. The summed E-state index contributed by atoms with van der Waals surface area (Å²) in [5.41, 5.74) is 4.44. The predicted molar refractivity (Wildman–Crippen MR) is 114 cm³/mol. The highest BCUT2D eigenvalue weighted by atomic mass is 35.5. The van der Waals surface area contributed by atoms with Crippen molar-refractivity contribution >= 4 is 11.6 Å². The van der Waals surface area contributed by atoms with Crippen molar-refractivity contribution in [2.24, 2.45) is 0 Å². The zero-order valence-corrected chi connectivity index (χ0v) is 17.0. The van der Waals surface area contributed by atoms with Crippen LogP contribution in [0.3, 0.4) is 0 Å². The number of rotatable bonds is 6. The van der Waals surface area contributed by atoms with Crippen molar-refractivity contribution in [2.75, 3.05) is 13.1 Å². The zero-order chi connectivity index (χ0) is 19.3. The van der Waals surface area contributed by atoms with Crippen molar-refractivity contribution in [3.63, 3.8) is 0 Å². The normalized spacial score (nSPS) is 14.9. The van der Waals surface area contributed by atoms with Gasteiger partial charge in [0.25, 0.3) is 0 Å². The van der Waals surface area contributed by atoms with Gasteiger partial charge < -0.3 is 10.1 Å². The van der Waals surface area contributed by atoms with Crippen LogP contribution in [0.15, 0.2) is 54.7 Å². The van der Waals surface area contributed by atoms with E-state index in [0.29, 0.717) is 0 Å². The zero-order valence-electron chi connectivity index (χ0n) is 16.2. The van der Waals surface area contributed by atoms with Crippen molar-refractivity contribution in [3.05, 3.63) is 70.9 Å². The lowest BCUT2D eigenvalue weighted by atomic mass is 10.0. The molecule has 1 fully saturated rings. The fourth-order valence-electron chi connectivity index (χ4n) is 3.78. The molecule has 1 aliphatic heterocycles. The van der Waals surface area contributed by atoms with E-state index in [2.05, 4.69) is 41.6 Å². The molecule has 1 aliphatic rings. The van der Waals surface area contributed by atoms with E-state index < -0.39 is 0 Å². The van der Waals surface area contributed by atoms with E-state index in [1.807, 2.05) is 35.1 Å². The molecule has 0 atom stereocenters. The summed E-state index contributed by atoms with van der Waals surface area (Å²) in [6.07, 6.45) is 5.06. The van der Waals surface area contributed by atoms with Crippen molar-refractivity contribution in [1.82, 2.24) is 15.1 Å². The van der Waals surface area contributed by atoms with Crippen LogP contribution >= 0.6 is 11.6 Å². The Labute approximate surface area is 171 Å². The van der Waals surface area contributed by atoms with Gasteiger partial charge in [-0.1, -0.05) is 41.9 Å². The maximum absolute atomic E-state index is 6.47. The minimum absolute atomic E-state index is 0.237. The molecule has 0 radical (unpaired) electrons. The van der Waals surface area contributed by atoms with Gasteiger partial charge in [-0.2, -0.15) is 5.10 Å². The Morgan fingerprint density at radius 1 is 1.14 bits per heavy atom. The van der Waals surface area contributed by atoms with Crippen LogP contribution < -0.4 is 10.1 Å². The summed E-state index contributed by atoms with van der Waals surface area (Å²) >= 11 is 6.41. The number of halogens is 1. The highest BCUT2D eigenvalue weighted by molar-refractivity contribution is 6.31. The first kappa shape index (κ1) is 19.0. The summed E-state index contributed by atoms with van der Waals surface area (Å²) < 4.78 is 8.52. The van der Waals surface area contributed by atoms with Crippen LogP contribution in [0.5, 0.6) is 5.75 Å². The van der Waals surface area contributed by atoms with Gasteiger partial charge in [-0.3, -0.25) is 4.68 Å². The van der Waals surface area contributed by atoms with Gasteiger partial charge in [-0.15, -0.1) is 0 Å². The maximum atomic E-state index is 6.47. The molecule has 0 amide bonds. The Morgan fingerprint density at radius 2 is 1.93 bits per heavy atom. The van der Waals surface area contributed by atoms with Crippen LogP contribution in [-0.2, 0) is 13.0 Å². The van der Waals surface area contributed by atoms with Crippen molar-refractivity contribution < 1.29 is 4.74 Å². The maximum Gasteiger partial charge on any atom is 0.132 e. The molecule has 3 aromatic rings. The average Bonchev–Trinajstić information content (AvgIpc) is 3.18. The third-order valence-corrected chi connectivity index (χ3v) is 5.48. The van der Waals surface area contributed by atoms with Gasteiger partial charge in [0.2, 0.25) is 0 Å². The number of nitrogens with zero attached hydrogens (tertiary/aromatic N) is 2. The van der Waals surface area contributed by atoms with Gasteiger partial charge in [0.15, 0.2) is 0 Å². The summed E-state index contributed by atoms with van der Waals surface area (Å²) in [6.45, 7) is 4.88. The molecule has 28 heavy (non-hydrogen) atoms. The van der Waals surface area contributed by atoms with Crippen LogP contribution in [0.1, 0.15) is 24.0 Å². The Hall–Kier alpha value is -2.30. The molecule has 1 aromatic heterocycles. The van der Waals surface area contributed by atoms with Gasteiger partial charge in [0.1, 0.15) is 11.9 Å². The highest BCUT2D eigenvalue weighted by Gasteiger charge is 2.20. The van der Waals surface area contributed by atoms with E-state index >= 15 is 0 Å². The smallest absolute Gasteiger partial charge is 0.132 e. The standard InChI is InChI=1S/C23H26ClN3O/c1-17-15-19(24)16-21(23(17)28-20-7-11-25-12-8-20)22-9-13-26-27(22)14-10-18-5-3-2-4-6-18/h2-6,9,13,15-16,20,25H,7-8,10-12,14H2,1H3. The van der Waals surface area contributed by atoms with Crippen LogP contribution in [0.4, 0.5) is 0 Å². The SMILES string of the molecule is Cc1cc(Cl)cc(-c2ccnn2CCc2ccccc2)c1OC1CCNCC1. The van der Waals surface area contributed by atoms with E-state index in [0.717, 1.165) is 66.5 Å². The van der Waals surface area contributed by atoms with Gasteiger partial charge >= 0.3 is 0 Å². The predicted octanol–water partition coefficient (Wildman–Crippen LogP) is 4.89. The minimum atomic E-state index is 0.237. The second-order valence-electron chi connectivity index (χ2n) is 7.34. The van der Waals surface area contributed by atoms with E-state index in [4.69, 9.17) is 16.3 Å². The molecule has 0 unspecified atom stereocenters. The van der Waals surface area contributed by atoms with Crippen LogP contribution in [-0.4, -0.2) is 29.0 Å². The molecular formula is C23H26ClN3O. The van der Waals surface area contributed by atoms with Crippen molar-refractivity contribution in [3.8, 4) is 17.0 Å². The van der Waals surface area contributed by atoms with E-state index in [-0.39, 0.29) is 6.10 Å².